The van der Waals surface area contributed by atoms with Crippen molar-refractivity contribution in [1.82, 2.24) is 15.1 Å². The van der Waals surface area contributed by atoms with Crippen LogP contribution in [0.15, 0.2) is 0 Å². The lowest BCUT2D eigenvalue weighted by atomic mass is 10.3. The molecule has 6 heteroatoms. The van der Waals surface area contributed by atoms with Crippen LogP contribution in [0.2, 0.25) is 0 Å². The van der Waals surface area contributed by atoms with E-state index in [1.165, 1.54) is 12.8 Å². The number of nitrogens with zero attached hydrogens (tertiary/aromatic N) is 2. The molecule has 0 aliphatic carbocycles. The normalized spacial score (nSPS) is 22.0. The Morgan fingerprint density at radius 1 is 1.29 bits per heavy atom. The maximum atomic E-state index is 12.0. The molecule has 116 valence electrons. The second-order valence-electron chi connectivity index (χ2n) is 5.31. The van der Waals surface area contributed by atoms with E-state index in [2.05, 4.69) is 22.1 Å². The zero-order chi connectivity index (χ0) is 15.1. The van der Waals surface area contributed by atoms with Crippen molar-refractivity contribution >= 4 is 12.0 Å². The third-order valence-electron chi connectivity index (χ3n) is 3.71. The smallest absolute Gasteiger partial charge is 0.407 e. The van der Waals surface area contributed by atoms with E-state index in [-0.39, 0.29) is 5.91 Å². The summed E-state index contributed by atoms with van der Waals surface area (Å²) in [5, 5.41) is 2.53. The van der Waals surface area contributed by atoms with Crippen molar-refractivity contribution in [3.05, 3.63) is 0 Å². The predicted octanol–water partition coefficient (Wildman–Crippen LogP) is 0.433. The highest BCUT2D eigenvalue weighted by Crippen LogP contribution is 2.14. The van der Waals surface area contributed by atoms with Crippen molar-refractivity contribution < 1.29 is 14.3 Å². The van der Waals surface area contributed by atoms with Crippen LogP contribution < -0.4 is 5.32 Å². The number of alkyl carbamates (subject to hydrolysis) is 1. The van der Waals surface area contributed by atoms with Gasteiger partial charge in [0.15, 0.2) is 6.10 Å². The van der Waals surface area contributed by atoms with Gasteiger partial charge < -0.3 is 15.0 Å². The van der Waals surface area contributed by atoms with Crippen LogP contribution in [-0.2, 0) is 9.53 Å². The molecule has 0 bridgehead atoms. The van der Waals surface area contributed by atoms with Gasteiger partial charge in [-0.2, -0.15) is 0 Å². The highest BCUT2D eigenvalue weighted by molar-refractivity contribution is 5.85. The highest BCUT2D eigenvalue weighted by atomic mass is 16.6. The zero-order valence-corrected chi connectivity index (χ0v) is 12.6. The summed E-state index contributed by atoms with van der Waals surface area (Å²) in [4.78, 5) is 27.3. The molecule has 2 fully saturated rings. The van der Waals surface area contributed by atoms with Crippen LogP contribution in [0.5, 0.6) is 0 Å². The molecular formula is C15H23N3O3. The Morgan fingerprint density at radius 2 is 2.00 bits per heavy atom. The average Bonchev–Trinajstić information content (AvgIpc) is 3.08. The van der Waals surface area contributed by atoms with Crippen LogP contribution in [-0.4, -0.2) is 67.2 Å². The van der Waals surface area contributed by atoms with Gasteiger partial charge >= 0.3 is 6.09 Å². The Hall–Kier alpha value is -1.74. The van der Waals surface area contributed by atoms with Crippen molar-refractivity contribution in [3.63, 3.8) is 0 Å². The molecule has 2 saturated heterocycles. The van der Waals surface area contributed by atoms with Gasteiger partial charge in [-0.05, 0) is 32.9 Å². The maximum Gasteiger partial charge on any atom is 0.407 e. The first-order valence-electron chi connectivity index (χ1n) is 7.62. The predicted molar refractivity (Wildman–Crippen MR) is 78.6 cm³/mol. The van der Waals surface area contributed by atoms with Crippen molar-refractivity contribution in [2.75, 3.05) is 39.3 Å². The lowest BCUT2D eigenvalue weighted by Crippen LogP contribution is -2.35. The lowest BCUT2D eigenvalue weighted by Gasteiger charge is -2.14. The molecule has 0 aromatic carbocycles. The summed E-state index contributed by atoms with van der Waals surface area (Å²) < 4.78 is 5.08. The first kappa shape index (κ1) is 15.6. The summed E-state index contributed by atoms with van der Waals surface area (Å²) in [6.07, 6.45) is 1.87. The van der Waals surface area contributed by atoms with Crippen molar-refractivity contribution in [2.24, 2.45) is 0 Å². The first-order chi connectivity index (χ1) is 10.2. The van der Waals surface area contributed by atoms with E-state index >= 15 is 0 Å². The SMILES string of the molecule is CCNC(=O)OC1CCN(CC#CCN2CCCC2)C1=O. The summed E-state index contributed by atoms with van der Waals surface area (Å²) in [5.41, 5.74) is 0. The minimum Gasteiger partial charge on any atom is -0.436 e. The van der Waals surface area contributed by atoms with E-state index in [1.54, 1.807) is 11.8 Å². The van der Waals surface area contributed by atoms with Crippen molar-refractivity contribution in [3.8, 4) is 11.8 Å². The molecule has 1 atom stereocenters. The first-order valence-corrected chi connectivity index (χ1v) is 7.62. The molecule has 6 nitrogen and oxygen atoms in total. The molecule has 0 spiro atoms. The second-order valence-corrected chi connectivity index (χ2v) is 5.31. The molecule has 2 aliphatic heterocycles. The third kappa shape index (κ3) is 4.64. The van der Waals surface area contributed by atoms with E-state index in [9.17, 15) is 9.59 Å². The van der Waals surface area contributed by atoms with Crippen LogP contribution in [0.4, 0.5) is 4.79 Å². The number of carbonyl (C=O) groups excluding carboxylic acids is 2. The molecule has 2 heterocycles. The number of ether oxygens (including phenoxy) is 1. The topological polar surface area (TPSA) is 61.9 Å². The minimum absolute atomic E-state index is 0.142. The Morgan fingerprint density at radius 3 is 2.71 bits per heavy atom. The van der Waals surface area contributed by atoms with Gasteiger partial charge in [0.05, 0.1) is 13.1 Å². The van der Waals surface area contributed by atoms with E-state index in [0.29, 0.717) is 26.1 Å². The number of rotatable bonds is 4. The zero-order valence-electron chi connectivity index (χ0n) is 12.6. The van der Waals surface area contributed by atoms with Crippen LogP contribution in [0.3, 0.4) is 0 Å². The molecule has 21 heavy (non-hydrogen) atoms. The monoisotopic (exact) mass is 293 g/mol. The second kappa shape index (κ2) is 7.89. The summed E-state index contributed by atoms with van der Waals surface area (Å²) in [6, 6.07) is 0. The van der Waals surface area contributed by atoms with Crippen molar-refractivity contribution in [1.29, 1.82) is 0 Å². The molecule has 2 aliphatic rings. The van der Waals surface area contributed by atoms with Gasteiger partial charge in [0.25, 0.3) is 5.91 Å². The molecule has 1 unspecified atom stereocenters. The fraction of sp³-hybridized carbons (Fsp3) is 0.733. The summed E-state index contributed by atoms with van der Waals surface area (Å²) in [7, 11) is 0. The molecular weight excluding hydrogens is 270 g/mol. The van der Waals surface area contributed by atoms with E-state index in [4.69, 9.17) is 4.74 Å². The van der Waals surface area contributed by atoms with Crippen LogP contribution in [0.25, 0.3) is 0 Å². The molecule has 0 aromatic heterocycles. The lowest BCUT2D eigenvalue weighted by molar-refractivity contribution is -0.134. The number of hydrogen-bond acceptors (Lipinski definition) is 4. The van der Waals surface area contributed by atoms with Gasteiger partial charge in [-0.15, -0.1) is 0 Å². The number of amides is 2. The molecule has 2 rings (SSSR count). The fourth-order valence-electron chi connectivity index (χ4n) is 2.55. The number of likely N-dealkylation sites (tertiary alicyclic amines) is 2. The van der Waals surface area contributed by atoms with E-state index in [1.807, 2.05) is 0 Å². The largest absolute Gasteiger partial charge is 0.436 e. The van der Waals surface area contributed by atoms with E-state index in [0.717, 1.165) is 19.6 Å². The minimum atomic E-state index is -0.656. The van der Waals surface area contributed by atoms with Crippen LogP contribution in [0.1, 0.15) is 26.2 Å². The molecule has 0 radical (unpaired) electrons. The molecule has 0 saturated carbocycles. The third-order valence-corrected chi connectivity index (χ3v) is 3.71. The highest BCUT2D eigenvalue weighted by Gasteiger charge is 2.33. The molecule has 0 aromatic rings. The standard InChI is InChI=1S/C15H23N3O3/c1-2-16-15(20)21-13-7-12-18(14(13)19)11-6-5-10-17-8-3-4-9-17/h13H,2-4,7-12H2,1H3,(H,16,20). The number of carbonyl (C=O) groups is 2. The van der Waals surface area contributed by atoms with Crippen LogP contribution in [0, 0.1) is 11.8 Å². The Kier molecular flexibility index (Phi) is 5.88. The Balaban J connectivity index is 1.71. The Bertz CT molecular complexity index is 435. The number of nitrogens with one attached hydrogen (secondary N) is 1. The van der Waals surface area contributed by atoms with Gasteiger partial charge in [-0.25, -0.2) is 4.79 Å². The van der Waals surface area contributed by atoms with Crippen molar-refractivity contribution in [2.45, 2.75) is 32.3 Å². The number of hydrogen-bond donors (Lipinski definition) is 1. The van der Waals surface area contributed by atoms with Gasteiger partial charge in [-0.1, -0.05) is 11.8 Å². The Labute approximate surface area is 125 Å². The quantitative estimate of drug-likeness (QED) is 0.764. The average molecular weight is 293 g/mol. The van der Waals surface area contributed by atoms with Crippen LogP contribution >= 0.6 is 0 Å². The summed E-state index contributed by atoms with van der Waals surface area (Å²) >= 11 is 0. The van der Waals surface area contributed by atoms with Gasteiger partial charge in [0, 0.05) is 19.5 Å². The van der Waals surface area contributed by atoms with Gasteiger partial charge in [0.2, 0.25) is 0 Å². The van der Waals surface area contributed by atoms with Gasteiger partial charge in [-0.3, -0.25) is 9.69 Å². The van der Waals surface area contributed by atoms with Gasteiger partial charge in [0.1, 0.15) is 0 Å². The fourth-order valence-corrected chi connectivity index (χ4v) is 2.55. The summed E-state index contributed by atoms with van der Waals surface area (Å²) in [5.74, 6) is 6.01. The summed E-state index contributed by atoms with van der Waals surface area (Å²) in [6.45, 7) is 6.34. The van der Waals surface area contributed by atoms with E-state index < -0.39 is 12.2 Å². The molecule has 2 amide bonds. The molecule has 1 N–H and O–H groups in total. The maximum absolute atomic E-state index is 12.0.